The highest BCUT2D eigenvalue weighted by Crippen LogP contribution is 2.49. The molecule has 7 heteroatoms. The number of para-hydroxylation sites is 1. The molecule has 6 rings (SSSR count). The maximum atomic E-state index is 13.3. The molecule has 2 aliphatic rings. The number of fused-ring (bicyclic) bond motifs is 4. The summed E-state index contributed by atoms with van der Waals surface area (Å²) < 4.78 is 14.1. The highest BCUT2D eigenvalue weighted by atomic mass is 16.5. The van der Waals surface area contributed by atoms with E-state index in [-0.39, 0.29) is 5.91 Å². The molecule has 7 nitrogen and oxygen atoms in total. The second-order valence-corrected chi connectivity index (χ2v) is 8.31. The van der Waals surface area contributed by atoms with Crippen molar-refractivity contribution in [1.29, 1.82) is 0 Å². The summed E-state index contributed by atoms with van der Waals surface area (Å²) in [5, 5.41) is 4.52. The molecule has 1 saturated heterocycles. The first-order valence-corrected chi connectivity index (χ1v) is 10.8. The van der Waals surface area contributed by atoms with Gasteiger partial charge in [-0.25, -0.2) is 4.98 Å². The van der Waals surface area contributed by atoms with Crippen molar-refractivity contribution in [2.45, 2.75) is 18.4 Å². The van der Waals surface area contributed by atoms with Crippen LogP contribution in [0.4, 0.5) is 0 Å². The minimum Gasteiger partial charge on any atom is -0.482 e. The predicted octanol–water partition coefficient (Wildman–Crippen LogP) is 4.27. The van der Waals surface area contributed by atoms with Gasteiger partial charge in [0, 0.05) is 49.7 Å². The van der Waals surface area contributed by atoms with Crippen LogP contribution in [0.2, 0.25) is 0 Å². The number of benzene rings is 2. The second-order valence-electron chi connectivity index (χ2n) is 8.31. The van der Waals surface area contributed by atoms with Crippen LogP contribution in [0.15, 0.2) is 71.6 Å². The highest BCUT2D eigenvalue weighted by molar-refractivity contribution is 5.97. The average Bonchev–Trinajstić information content (AvgIpc) is 3.48. The highest BCUT2D eigenvalue weighted by Gasteiger charge is 2.46. The molecule has 2 aromatic carbocycles. The van der Waals surface area contributed by atoms with Gasteiger partial charge < -0.3 is 14.1 Å². The van der Waals surface area contributed by atoms with E-state index in [1.807, 2.05) is 71.4 Å². The maximum absolute atomic E-state index is 13.3. The van der Waals surface area contributed by atoms with E-state index >= 15 is 0 Å². The van der Waals surface area contributed by atoms with E-state index in [9.17, 15) is 4.79 Å². The Hall–Kier alpha value is -3.87. The van der Waals surface area contributed by atoms with Gasteiger partial charge in [-0.05, 0) is 12.1 Å². The molecule has 4 heterocycles. The van der Waals surface area contributed by atoms with Crippen molar-refractivity contribution in [3.8, 4) is 28.3 Å². The fourth-order valence-corrected chi connectivity index (χ4v) is 4.89. The van der Waals surface area contributed by atoms with Crippen LogP contribution in [0, 0.1) is 0 Å². The number of nitrogens with zero attached hydrogens (tertiary/aromatic N) is 4. The molecule has 0 unspecified atom stereocenters. The van der Waals surface area contributed by atoms with Gasteiger partial charge in [0.2, 0.25) is 0 Å². The lowest BCUT2D eigenvalue weighted by Gasteiger charge is -2.44. The van der Waals surface area contributed by atoms with Crippen LogP contribution in [0.25, 0.3) is 22.6 Å². The van der Waals surface area contributed by atoms with Gasteiger partial charge in [-0.15, -0.1) is 0 Å². The van der Waals surface area contributed by atoms with Crippen LogP contribution in [-0.4, -0.2) is 38.7 Å². The lowest BCUT2D eigenvalue weighted by Crippen LogP contribution is -2.49. The second kappa shape index (κ2) is 7.09. The molecule has 0 radical (unpaired) electrons. The number of aromatic nitrogens is 3. The van der Waals surface area contributed by atoms with Crippen LogP contribution in [-0.2, 0) is 12.6 Å². The summed E-state index contributed by atoms with van der Waals surface area (Å²) in [4.78, 5) is 19.4. The summed E-state index contributed by atoms with van der Waals surface area (Å²) in [7, 11) is 1.96. The predicted molar refractivity (Wildman–Crippen MR) is 118 cm³/mol. The van der Waals surface area contributed by atoms with Crippen molar-refractivity contribution in [3.63, 3.8) is 0 Å². The van der Waals surface area contributed by atoms with Gasteiger partial charge in [0.05, 0.1) is 11.9 Å². The first-order chi connectivity index (χ1) is 15.7. The van der Waals surface area contributed by atoms with E-state index in [2.05, 4.69) is 16.1 Å². The number of piperidine rings is 1. The standard InChI is InChI=1S/C25H22N4O3/c1-28-22-18-9-5-6-10-20(18)32-25(19(22)15-27-28)11-13-29(14-12-25)24(30)21-23(31-16-26-21)17-7-3-2-4-8-17/h2-10,15-16H,11-14H2,1H3. The Morgan fingerprint density at radius 3 is 2.59 bits per heavy atom. The molecule has 2 aliphatic heterocycles. The van der Waals surface area contributed by atoms with E-state index in [0.29, 0.717) is 37.4 Å². The maximum Gasteiger partial charge on any atom is 0.276 e. The molecule has 1 amide bonds. The largest absolute Gasteiger partial charge is 0.482 e. The molecule has 0 aliphatic carbocycles. The Kier molecular flexibility index (Phi) is 4.18. The third kappa shape index (κ3) is 2.77. The third-order valence-electron chi connectivity index (χ3n) is 6.54. The smallest absolute Gasteiger partial charge is 0.276 e. The number of carbonyl (C=O) groups is 1. The number of hydrogen-bond donors (Lipinski definition) is 0. The minimum absolute atomic E-state index is 0.116. The van der Waals surface area contributed by atoms with Crippen molar-refractivity contribution in [1.82, 2.24) is 19.7 Å². The molecule has 160 valence electrons. The number of amides is 1. The van der Waals surface area contributed by atoms with E-state index in [1.54, 1.807) is 0 Å². The molecule has 0 N–H and O–H groups in total. The Bertz CT molecular complexity index is 1300. The molecule has 2 aromatic heterocycles. The third-order valence-corrected chi connectivity index (χ3v) is 6.54. The average molecular weight is 426 g/mol. The van der Waals surface area contributed by atoms with Crippen molar-refractivity contribution in [2.24, 2.45) is 7.05 Å². The first kappa shape index (κ1) is 18.9. The van der Waals surface area contributed by atoms with Gasteiger partial charge >= 0.3 is 0 Å². The molecular formula is C25H22N4O3. The van der Waals surface area contributed by atoms with Crippen molar-refractivity contribution >= 4 is 5.91 Å². The van der Waals surface area contributed by atoms with E-state index in [4.69, 9.17) is 9.15 Å². The molecule has 1 spiro atoms. The molecule has 0 atom stereocenters. The lowest BCUT2D eigenvalue weighted by atomic mass is 9.81. The number of likely N-dealkylation sites (tertiary alicyclic amines) is 1. The number of hydrogen-bond acceptors (Lipinski definition) is 5. The Balaban J connectivity index is 1.28. The summed E-state index contributed by atoms with van der Waals surface area (Å²) in [6, 6.07) is 17.7. The van der Waals surface area contributed by atoms with Crippen LogP contribution in [0.5, 0.6) is 5.75 Å². The van der Waals surface area contributed by atoms with E-state index in [1.165, 1.54) is 6.39 Å². The zero-order chi connectivity index (χ0) is 21.7. The van der Waals surface area contributed by atoms with Gasteiger partial charge in [-0.1, -0.05) is 42.5 Å². The normalized spacial score (nSPS) is 16.3. The van der Waals surface area contributed by atoms with Crippen LogP contribution < -0.4 is 4.74 Å². The Morgan fingerprint density at radius 2 is 1.78 bits per heavy atom. The fourth-order valence-electron chi connectivity index (χ4n) is 4.89. The van der Waals surface area contributed by atoms with Crippen molar-refractivity contribution < 1.29 is 13.9 Å². The van der Waals surface area contributed by atoms with Gasteiger partial charge in [-0.3, -0.25) is 9.48 Å². The quantitative estimate of drug-likeness (QED) is 0.479. The van der Waals surface area contributed by atoms with Gasteiger partial charge in [0.1, 0.15) is 11.4 Å². The summed E-state index contributed by atoms with van der Waals surface area (Å²) in [6.07, 6.45) is 4.62. The number of oxazole rings is 1. The van der Waals surface area contributed by atoms with Crippen molar-refractivity contribution in [2.75, 3.05) is 13.1 Å². The number of rotatable bonds is 2. The van der Waals surface area contributed by atoms with E-state index in [0.717, 1.165) is 28.1 Å². The molecule has 0 saturated carbocycles. The first-order valence-electron chi connectivity index (χ1n) is 10.8. The topological polar surface area (TPSA) is 73.4 Å². The SMILES string of the molecule is Cn1ncc2c1-c1ccccc1OC21CCN(C(=O)c2ncoc2-c2ccccc2)CC1. The summed E-state index contributed by atoms with van der Waals surface area (Å²) in [5.74, 6) is 1.26. The van der Waals surface area contributed by atoms with Crippen LogP contribution >= 0.6 is 0 Å². The molecule has 0 bridgehead atoms. The molecular weight excluding hydrogens is 404 g/mol. The zero-order valence-corrected chi connectivity index (χ0v) is 17.7. The molecule has 1 fully saturated rings. The molecule has 32 heavy (non-hydrogen) atoms. The van der Waals surface area contributed by atoms with Gasteiger partial charge in [-0.2, -0.15) is 5.10 Å². The van der Waals surface area contributed by atoms with Gasteiger partial charge in [0.15, 0.2) is 17.8 Å². The van der Waals surface area contributed by atoms with E-state index < -0.39 is 5.60 Å². The Morgan fingerprint density at radius 1 is 1.03 bits per heavy atom. The van der Waals surface area contributed by atoms with Crippen LogP contribution in [0.3, 0.4) is 0 Å². The zero-order valence-electron chi connectivity index (χ0n) is 17.7. The Labute approximate surface area is 185 Å². The molecule has 4 aromatic rings. The van der Waals surface area contributed by atoms with Gasteiger partial charge in [0.25, 0.3) is 5.91 Å². The number of carbonyl (C=O) groups excluding carboxylic acids is 1. The van der Waals surface area contributed by atoms with Crippen molar-refractivity contribution in [3.05, 3.63) is 78.4 Å². The summed E-state index contributed by atoms with van der Waals surface area (Å²) in [6.45, 7) is 1.13. The lowest BCUT2D eigenvalue weighted by molar-refractivity contribution is -0.00186. The summed E-state index contributed by atoms with van der Waals surface area (Å²) in [5.41, 5.74) is 3.95. The fraction of sp³-hybridized carbons (Fsp3) is 0.240. The van der Waals surface area contributed by atoms with Crippen LogP contribution in [0.1, 0.15) is 28.9 Å². The minimum atomic E-state index is -0.485. The number of aryl methyl sites for hydroxylation is 1. The monoisotopic (exact) mass is 426 g/mol. The number of ether oxygens (including phenoxy) is 1. The summed E-state index contributed by atoms with van der Waals surface area (Å²) >= 11 is 0.